The molecule has 1 aromatic rings. The van der Waals surface area contributed by atoms with E-state index >= 15 is 0 Å². The molecule has 6 amide bonds. The molecule has 6 N–H and O–H groups in total. The third-order valence-corrected chi connectivity index (χ3v) is 12.7. The number of fused-ring (bicyclic) bond motifs is 1. The van der Waals surface area contributed by atoms with Crippen molar-refractivity contribution in [2.75, 3.05) is 37.4 Å². The summed E-state index contributed by atoms with van der Waals surface area (Å²) in [5.74, 6) is -10.5. The minimum Gasteiger partial charge on any atom is -0.356 e. The number of carbonyl (C=O) groups excluding carboxylic acids is 5. The molecule has 306 valence electrons. The van der Waals surface area contributed by atoms with Crippen LogP contribution in [-0.2, 0) is 23.3 Å². The molecule has 0 spiro atoms. The lowest BCUT2D eigenvalue weighted by atomic mass is 10.0. The fourth-order valence-electron chi connectivity index (χ4n) is 5.91. The maximum absolute atomic E-state index is 14.6. The minimum atomic E-state index is -3.42. The predicted molar refractivity (Wildman–Crippen MR) is 199 cm³/mol. The lowest BCUT2D eigenvalue weighted by molar-refractivity contribution is -0.123. The molecule has 2 fully saturated rings. The van der Waals surface area contributed by atoms with Crippen molar-refractivity contribution in [1.29, 1.82) is 0 Å². The molecule has 16 nitrogen and oxygen atoms in total. The van der Waals surface area contributed by atoms with E-state index in [0.717, 1.165) is 31.3 Å². The van der Waals surface area contributed by atoms with E-state index in [9.17, 15) is 50.0 Å². The molecule has 3 rings (SSSR count). The van der Waals surface area contributed by atoms with Gasteiger partial charge in [0.25, 0.3) is 5.91 Å². The number of halogens is 4. The molecule has 23 heteroatoms. The topological polar surface area (TPSA) is 240 Å². The van der Waals surface area contributed by atoms with Gasteiger partial charge in [0.05, 0.1) is 12.1 Å². The Hall–Kier alpha value is -3.95. The Labute approximate surface area is 323 Å². The zero-order chi connectivity index (χ0) is 40.5. The quantitative estimate of drug-likeness (QED) is 0.0130. The summed E-state index contributed by atoms with van der Waals surface area (Å²) in [6, 6.07) is -1.26. The number of unbranched alkanes of at least 4 members (excludes halogenated alkanes) is 4. The number of hydrogen-bond donors (Lipinski definition) is 6. The Balaban J connectivity index is 1.34. The SMILES string of the molecule is CS(=O)(=O)SCCNC(=O)[C@H](CCCCNC(=O)CCCCCNC(=O)CCCC[C@@H]1SC[C@@H]2NC(=O)N[C@@H]21)NC(=O)c1c(F)c(F)c(N=[N+]=[N-])c(F)c1F. The van der Waals surface area contributed by atoms with Crippen molar-refractivity contribution in [2.45, 2.75) is 94.0 Å². The number of amides is 6. The Morgan fingerprint density at radius 2 is 1.51 bits per heavy atom. The van der Waals surface area contributed by atoms with Crippen LogP contribution >= 0.6 is 22.6 Å². The van der Waals surface area contributed by atoms with Crippen LogP contribution in [0, 0.1) is 23.3 Å². The highest BCUT2D eigenvalue weighted by molar-refractivity contribution is 8.71. The molecule has 1 aromatic carbocycles. The van der Waals surface area contributed by atoms with Gasteiger partial charge in [0, 0.05) is 60.4 Å². The van der Waals surface area contributed by atoms with Crippen molar-refractivity contribution in [3.63, 3.8) is 0 Å². The van der Waals surface area contributed by atoms with Crippen LogP contribution < -0.4 is 31.9 Å². The summed E-state index contributed by atoms with van der Waals surface area (Å²) >= 11 is 1.84. The van der Waals surface area contributed by atoms with Crippen molar-refractivity contribution in [3.05, 3.63) is 39.3 Å². The molecule has 2 heterocycles. The highest BCUT2D eigenvalue weighted by atomic mass is 33.1. The highest BCUT2D eigenvalue weighted by Gasteiger charge is 2.42. The maximum Gasteiger partial charge on any atom is 0.315 e. The molecular formula is C32H45F4N9O7S3. The van der Waals surface area contributed by atoms with Crippen LogP contribution in [0.2, 0.25) is 0 Å². The van der Waals surface area contributed by atoms with E-state index in [1.807, 2.05) is 17.1 Å². The third-order valence-electron chi connectivity index (χ3n) is 8.66. The number of urea groups is 1. The Morgan fingerprint density at radius 3 is 2.13 bits per heavy atom. The Bertz CT molecular complexity index is 1690. The second-order valence-electron chi connectivity index (χ2n) is 12.9. The summed E-state index contributed by atoms with van der Waals surface area (Å²) in [5.41, 5.74) is 5.12. The first kappa shape index (κ1) is 45.4. The summed E-state index contributed by atoms with van der Waals surface area (Å²) in [6.07, 6.45) is 6.55. The summed E-state index contributed by atoms with van der Waals surface area (Å²) in [7, 11) is -2.88. The van der Waals surface area contributed by atoms with Crippen LogP contribution in [0.15, 0.2) is 5.11 Å². The minimum absolute atomic E-state index is 0.0289. The molecule has 0 saturated carbocycles. The van der Waals surface area contributed by atoms with Crippen LogP contribution in [0.3, 0.4) is 0 Å². The average Bonchev–Trinajstić information content (AvgIpc) is 3.68. The summed E-state index contributed by atoms with van der Waals surface area (Å²) in [4.78, 5) is 63.6. The van der Waals surface area contributed by atoms with Gasteiger partial charge in [-0.25, -0.2) is 30.8 Å². The molecule has 4 atom stereocenters. The number of nitrogens with one attached hydrogen (secondary N) is 6. The predicted octanol–water partition coefficient (Wildman–Crippen LogP) is 3.78. The monoisotopic (exact) mass is 839 g/mol. The molecule has 0 radical (unpaired) electrons. The first-order valence-corrected chi connectivity index (χ1v) is 22.1. The van der Waals surface area contributed by atoms with Gasteiger partial charge < -0.3 is 31.9 Å². The second-order valence-corrected chi connectivity index (χ2v) is 18.7. The molecular weight excluding hydrogens is 795 g/mol. The van der Waals surface area contributed by atoms with E-state index in [0.29, 0.717) is 54.7 Å². The number of thioether (sulfide) groups is 1. The lowest BCUT2D eigenvalue weighted by Crippen LogP contribution is -2.47. The van der Waals surface area contributed by atoms with E-state index in [2.05, 4.69) is 36.6 Å². The largest absolute Gasteiger partial charge is 0.356 e. The van der Waals surface area contributed by atoms with Gasteiger partial charge in [-0.2, -0.15) is 11.8 Å². The summed E-state index contributed by atoms with van der Waals surface area (Å²) in [5, 5.41) is 18.8. The molecule has 2 aliphatic rings. The van der Waals surface area contributed by atoms with Gasteiger partial charge in [-0.15, -0.1) is 0 Å². The van der Waals surface area contributed by atoms with Crippen molar-refractivity contribution in [1.82, 2.24) is 31.9 Å². The number of hydrogen-bond acceptors (Lipinski definition) is 10. The van der Waals surface area contributed by atoms with Crippen molar-refractivity contribution in [2.24, 2.45) is 5.11 Å². The zero-order valence-electron chi connectivity index (χ0n) is 30.1. The van der Waals surface area contributed by atoms with Crippen molar-refractivity contribution in [3.8, 4) is 0 Å². The summed E-state index contributed by atoms with van der Waals surface area (Å²) < 4.78 is 80.4. The smallest absolute Gasteiger partial charge is 0.315 e. The van der Waals surface area contributed by atoms with E-state index < -0.39 is 61.2 Å². The first-order chi connectivity index (χ1) is 26.1. The Morgan fingerprint density at radius 1 is 0.891 bits per heavy atom. The highest BCUT2D eigenvalue weighted by Crippen LogP contribution is 2.33. The molecule has 55 heavy (non-hydrogen) atoms. The maximum atomic E-state index is 14.6. The number of benzene rings is 1. The van der Waals surface area contributed by atoms with Crippen molar-refractivity contribution < 1.29 is 50.0 Å². The standard InChI is InChI=1S/C32H45F4N9O7S3/c1-55(51,52)54-16-15-40-30(48)18(41-31(49)23-24(33)26(35)29(44-45-37)27(36)25(23)34)9-6-8-14-39-21(46)11-3-2-7-13-38-22(47)12-5-4-10-20-28-19(17-53-20)42-32(50)43-28/h18-20,28H,2-17H2,1H3,(H,38,47)(H,39,46)(H,40,48)(H,41,49)(H2,42,43,50)/t18-,19-,20-,28-/m0/s1. The van der Waals surface area contributed by atoms with Crippen LogP contribution in [0.4, 0.5) is 28.0 Å². The normalized spacial score (nSPS) is 18.0. The number of rotatable bonds is 24. The van der Waals surface area contributed by atoms with Gasteiger partial charge in [-0.1, -0.05) is 18.0 Å². The number of nitrogens with zero attached hydrogens (tertiary/aromatic N) is 3. The third kappa shape index (κ3) is 14.9. The fraction of sp³-hybridized carbons (Fsp3) is 0.656. The number of azide groups is 1. The van der Waals surface area contributed by atoms with Crippen LogP contribution in [0.5, 0.6) is 0 Å². The molecule has 0 unspecified atom stereocenters. The van der Waals surface area contributed by atoms with E-state index in [-0.39, 0.29) is 68.0 Å². The van der Waals surface area contributed by atoms with E-state index in [4.69, 9.17) is 5.53 Å². The van der Waals surface area contributed by atoms with Gasteiger partial charge in [0.15, 0.2) is 32.1 Å². The molecule has 0 bridgehead atoms. The van der Waals surface area contributed by atoms with Crippen LogP contribution in [0.25, 0.3) is 10.4 Å². The number of carbonyl (C=O) groups is 5. The lowest BCUT2D eigenvalue weighted by Gasteiger charge is -2.19. The molecule has 0 aliphatic carbocycles. The molecule has 2 saturated heterocycles. The van der Waals surface area contributed by atoms with Crippen molar-refractivity contribution >= 4 is 66.8 Å². The van der Waals surface area contributed by atoms with Gasteiger partial charge >= 0.3 is 6.03 Å². The van der Waals surface area contributed by atoms with Crippen LogP contribution in [0.1, 0.15) is 81.0 Å². The van der Waals surface area contributed by atoms with Gasteiger partial charge in [0.1, 0.15) is 17.3 Å². The first-order valence-electron chi connectivity index (χ1n) is 17.7. The average molecular weight is 840 g/mol. The zero-order valence-corrected chi connectivity index (χ0v) is 32.5. The molecule has 0 aromatic heterocycles. The van der Waals surface area contributed by atoms with Crippen LogP contribution in [-0.4, -0.2) is 98.8 Å². The summed E-state index contributed by atoms with van der Waals surface area (Å²) in [6.45, 7) is 0.516. The van der Waals surface area contributed by atoms with Gasteiger partial charge in [-0.05, 0) is 61.3 Å². The van der Waals surface area contributed by atoms with E-state index in [1.54, 1.807) is 0 Å². The Kier molecular flexibility index (Phi) is 18.6. The van der Waals surface area contributed by atoms with E-state index in [1.165, 1.54) is 0 Å². The second kappa shape index (κ2) is 22.6. The molecule has 2 aliphatic heterocycles. The van der Waals surface area contributed by atoms with Gasteiger partial charge in [0.2, 0.25) is 17.7 Å². The fourth-order valence-corrected chi connectivity index (χ4v) is 9.10. The van der Waals surface area contributed by atoms with Gasteiger partial charge in [-0.3, -0.25) is 19.2 Å².